The monoisotopic (exact) mass is 527 g/mol. The molecule has 1 amide bonds. The summed E-state index contributed by atoms with van der Waals surface area (Å²) >= 11 is 6.50. The number of amides is 1. The van der Waals surface area contributed by atoms with Crippen molar-refractivity contribution in [2.45, 2.75) is 18.4 Å². The van der Waals surface area contributed by atoms with E-state index < -0.39 is 17.3 Å². The number of aromatic carboxylic acids is 1. The van der Waals surface area contributed by atoms with Crippen LogP contribution in [0, 0.1) is 5.82 Å². The van der Waals surface area contributed by atoms with Gasteiger partial charge in [-0.25, -0.2) is 14.2 Å². The molecule has 6 rings (SSSR count). The topological polar surface area (TPSA) is 105 Å². The standard InChI is InChI=1S/C29H19ClFN3O4/c30-22-9-6-17(26(35)34-29(10-11-29)23-3-1-2-12-32-23)13-20(22)18-14-21-24(28(36)37)25(38-27(21)33-15-18)16-4-7-19(31)8-5-16/h1-9,12-15H,10-11H2,(H,34,35)(H,36,37). The van der Waals surface area contributed by atoms with E-state index in [0.717, 1.165) is 18.5 Å². The molecule has 0 unspecified atom stereocenters. The van der Waals surface area contributed by atoms with Gasteiger partial charge in [-0.3, -0.25) is 9.78 Å². The van der Waals surface area contributed by atoms with Gasteiger partial charge in [0.15, 0.2) is 5.76 Å². The highest BCUT2D eigenvalue weighted by Gasteiger charge is 2.47. The zero-order valence-corrected chi connectivity index (χ0v) is 20.5. The van der Waals surface area contributed by atoms with E-state index in [1.807, 2.05) is 18.2 Å². The third-order valence-corrected chi connectivity index (χ3v) is 6.99. The number of fused-ring (bicyclic) bond motifs is 1. The number of aromatic nitrogens is 2. The summed E-state index contributed by atoms with van der Waals surface area (Å²) in [6.07, 6.45) is 4.80. The van der Waals surface area contributed by atoms with Crippen LogP contribution in [0.25, 0.3) is 33.6 Å². The first kappa shape index (κ1) is 23.8. The highest BCUT2D eigenvalue weighted by Crippen LogP contribution is 2.45. The van der Waals surface area contributed by atoms with Crippen molar-refractivity contribution in [1.82, 2.24) is 15.3 Å². The van der Waals surface area contributed by atoms with Crippen LogP contribution in [0.3, 0.4) is 0 Å². The lowest BCUT2D eigenvalue weighted by Gasteiger charge is -2.17. The van der Waals surface area contributed by atoms with E-state index in [-0.39, 0.29) is 28.3 Å². The molecule has 2 aromatic carbocycles. The summed E-state index contributed by atoms with van der Waals surface area (Å²) < 4.78 is 19.2. The first-order valence-electron chi connectivity index (χ1n) is 11.8. The Hall–Kier alpha value is -4.56. The molecule has 1 aliphatic rings. The Balaban J connectivity index is 1.38. The first-order chi connectivity index (χ1) is 18.3. The van der Waals surface area contributed by atoms with Crippen LogP contribution in [0.5, 0.6) is 0 Å². The summed E-state index contributed by atoms with van der Waals surface area (Å²) in [5.74, 6) is -1.87. The molecule has 0 bridgehead atoms. The number of rotatable bonds is 6. The van der Waals surface area contributed by atoms with Crippen LogP contribution in [-0.4, -0.2) is 27.0 Å². The maximum Gasteiger partial charge on any atom is 0.340 e. The normalized spacial score (nSPS) is 13.8. The Kier molecular flexibility index (Phi) is 5.69. The molecule has 5 aromatic rings. The van der Waals surface area contributed by atoms with Crippen LogP contribution < -0.4 is 5.32 Å². The molecule has 0 saturated heterocycles. The molecule has 38 heavy (non-hydrogen) atoms. The fourth-order valence-corrected chi connectivity index (χ4v) is 4.77. The van der Waals surface area contributed by atoms with Crippen molar-refractivity contribution >= 4 is 34.6 Å². The molecule has 1 aliphatic carbocycles. The van der Waals surface area contributed by atoms with Crippen LogP contribution in [0.1, 0.15) is 39.3 Å². The molecule has 0 radical (unpaired) electrons. The smallest absolute Gasteiger partial charge is 0.340 e. The number of carboxylic acids is 1. The summed E-state index contributed by atoms with van der Waals surface area (Å²) in [6, 6.07) is 17.5. The largest absolute Gasteiger partial charge is 0.478 e. The summed E-state index contributed by atoms with van der Waals surface area (Å²) in [5.41, 5.74) is 2.16. The van der Waals surface area contributed by atoms with Crippen LogP contribution in [0.4, 0.5) is 4.39 Å². The van der Waals surface area contributed by atoms with E-state index >= 15 is 0 Å². The van der Waals surface area contributed by atoms with Crippen molar-refractivity contribution in [3.63, 3.8) is 0 Å². The van der Waals surface area contributed by atoms with Gasteiger partial charge >= 0.3 is 5.97 Å². The Bertz CT molecular complexity index is 1710. The number of carbonyl (C=O) groups is 2. The van der Waals surface area contributed by atoms with Crippen molar-refractivity contribution < 1.29 is 23.5 Å². The van der Waals surface area contributed by atoms with Gasteiger partial charge in [0, 0.05) is 39.7 Å². The number of carbonyl (C=O) groups excluding carboxylic acids is 1. The second-order valence-electron chi connectivity index (χ2n) is 9.14. The molecule has 1 saturated carbocycles. The number of benzene rings is 2. The molecule has 1 fully saturated rings. The van der Waals surface area contributed by atoms with Crippen LogP contribution in [0.15, 0.2) is 83.5 Å². The first-order valence-corrected chi connectivity index (χ1v) is 12.2. The van der Waals surface area contributed by atoms with Gasteiger partial charge in [-0.05, 0) is 73.5 Å². The molecule has 2 N–H and O–H groups in total. The number of nitrogens with one attached hydrogen (secondary N) is 1. The predicted octanol–water partition coefficient (Wildman–Crippen LogP) is 6.47. The summed E-state index contributed by atoms with van der Waals surface area (Å²) in [5, 5.41) is 13.7. The maximum atomic E-state index is 13.4. The third-order valence-electron chi connectivity index (χ3n) is 6.66. The second kappa shape index (κ2) is 9.08. The van der Waals surface area contributed by atoms with Gasteiger partial charge in [0.25, 0.3) is 5.91 Å². The van der Waals surface area contributed by atoms with E-state index in [0.29, 0.717) is 27.3 Å². The quantitative estimate of drug-likeness (QED) is 0.262. The summed E-state index contributed by atoms with van der Waals surface area (Å²) in [6.45, 7) is 0. The molecule has 3 heterocycles. The highest BCUT2D eigenvalue weighted by atomic mass is 35.5. The van der Waals surface area contributed by atoms with Gasteiger partial charge in [0.05, 0.1) is 16.6 Å². The van der Waals surface area contributed by atoms with E-state index in [9.17, 15) is 19.1 Å². The third kappa shape index (κ3) is 4.18. The van der Waals surface area contributed by atoms with Gasteiger partial charge in [-0.1, -0.05) is 17.7 Å². The van der Waals surface area contributed by atoms with Crippen LogP contribution in [0.2, 0.25) is 5.02 Å². The number of hydrogen-bond donors (Lipinski definition) is 2. The minimum absolute atomic E-state index is 0.0700. The molecule has 0 spiro atoms. The number of nitrogens with zero attached hydrogens (tertiary/aromatic N) is 2. The van der Waals surface area contributed by atoms with E-state index in [4.69, 9.17) is 16.0 Å². The van der Waals surface area contributed by atoms with Crippen molar-refractivity contribution in [2.24, 2.45) is 0 Å². The number of halogens is 2. The van der Waals surface area contributed by atoms with Gasteiger partial charge < -0.3 is 14.8 Å². The Morgan fingerprint density at radius 1 is 1.00 bits per heavy atom. The SMILES string of the molecule is O=C(NC1(c2ccccn2)CC1)c1ccc(Cl)c(-c2cnc3oc(-c4ccc(F)cc4)c(C(=O)O)c3c2)c1. The Morgan fingerprint density at radius 3 is 2.47 bits per heavy atom. The van der Waals surface area contributed by atoms with Gasteiger partial charge in [-0.15, -0.1) is 0 Å². The second-order valence-corrected chi connectivity index (χ2v) is 9.55. The van der Waals surface area contributed by atoms with Gasteiger partial charge in [0.1, 0.15) is 11.4 Å². The number of carboxylic acid groups (broad SMARTS) is 1. The lowest BCUT2D eigenvalue weighted by Crippen LogP contribution is -2.35. The predicted molar refractivity (Wildman–Crippen MR) is 139 cm³/mol. The van der Waals surface area contributed by atoms with Crippen molar-refractivity contribution in [2.75, 3.05) is 0 Å². The average molecular weight is 528 g/mol. The van der Waals surface area contributed by atoms with Crippen molar-refractivity contribution in [3.8, 4) is 22.5 Å². The van der Waals surface area contributed by atoms with Crippen molar-refractivity contribution in [3.05, 3.63) is 107 Å². The lowest BCUT2D eigenvalue weighted by atomic mass is 10.0. The molecule has 9 heteroatoms. The van der Waals surface area contributed by atoms with Crippen molar-refractivity contribution in [1.29, 1.82) is 0 Å². The zero-order chi connectivity index (χ0) is 26.4. The van der Waals surface area contributed by atoms with Crippen LogP contribution in [-0.2, 0) is 5.54 Å². The molecule has 7 nitrogen and oxygen atoms in total. The Labute approximate surface area is 220 Å². The van der Waals surface area contributed by atoms with Gasteiger partial charge in [0.2, 0.25) is 5.71 Å². The molecule has 0 atom stereocenters. The Morgan fingerprint density at radius 2 is 1.79 bits per heavy atom. The summed E-state index contributed by atoms with van der Waals surface area (Å²) in [4.78, 5) is 34.1. The minimum Gasteiger partial charge on any atom is -0.478 e. The number of hydrogen-bond acceptors (Lipinski definition) is 5. The average Bonchev–Trinajstić information content (AvgIpc) is 3.60. The molecule has 3 aromatic heterocycles. The van der Waals surface area contributed by atoms with Gasteiger partial charge in [-0.2, -0.15) is 0 Å². The molecule has 188 valence electrons. The molecular formula is C29H19ClFN3O4. The molecule has 0 aliphatic heterocycles. The van der Waals surface area contributed by atoms with Crippen LogP contribution >= 0.6 is 11.6 Å². The lowest BCUT2D eigenvalue weighted by molar-refractivity contribution is 0.0698. The maximum absolute atomic E-state index is 13.4. The van der Waals surface area contributed by atoms with E-state index in [1.165, 1.54) is 30.5 Å². The summed E-state index contributed by atoms with van der Waals surface area (Å²) in [7, 11) is 0. The fraction of sp³-hybridized carbons (Fsp3) is 0.103. The fourth-order valence-electron chi connectivity index (χ4n) is 4.54. The zero-order valence-electron chi connectivity index (χ0n) is 19.7. The number of furan rings is 1. The highest BCUT2D eigenvalue weighted by molar-refractivity contribution is 6.33. The minimum atomic E-state index is -1.22. The number of pyridine rings is 2. The van der Waals surface area contributed by atoms with E-state index in [2.05, 4.69) is 15.3 Å². The molecular weight excluding hydrogens is 509 g/mol. The van der Waals surface area contributed by atoms with E-state index in [1.54, 1.807) is 30.5 Å².